The fraction of sp³-hybridized carbons (Fsp3) is 1.00. The van der Waals surface area contributed by atoms with Gasteiger partial charge in [0.05, 0.1) is 4.95 Å². The van der Waals surface area contributed by atoms with Gasteiger partial charge in [0.25, 0.3) is 0 Å². The number of hydrogen-bond donors (Lipinski definition) is 0. The Morgan fingerprint density at radius 3 is 2.33 bits per heavy atom. The van der Waals surface area contributed by atoms with Crippen molar-refractivity contribution in [3.63, 3.8) is 0 Å². The molecular formula is C7H16BrN. The van der Waals surface area contributed by atoms with Crippen LogP contribution in [0.5, 0.6) is 0 Å². The van der Waals surface area contributed by atoms with E-state index in [2.05, 4.69) is 41.8 Å². The Morgan fingerprint density at radius 1 is 1.44 bits per heavy atom. The lowest BCUT2D eigenvalue weighted by Crippen LogP contribution is -2.21. The van der Waals surface area contributed by atoms with Crippen LogP contribution in [0.4, 0.5) is 0 Å². The fourth-order valence-electron chi connectivity index (χ4n) is 0.631. The van der Waals surface area contributed by atoms with Crippen LogP contribution >= 0.6 is 15.9 Å². The third-order valence-electron chi connectivity index (χ3n) is 1.36. The van der Waals surface area contributed by atoms with Crippen LogP contribution in [0.25, 0.3) is 0 Å². The van der Waals surface area contributed by atoms with Gasteiger partial charge in [0.1, 0.15) is 0 Å². The van der Waals surface area contributed by atoms with Crippen LogP contribution in [0, 0.1) is 0 Å². The zero-order valence-electron chi connectivity index (χ0n) is 6.52. The van der Waals surface area contributed by atoms with Gasteiger partial charge in [-0.2, -0.15) is 0 Å². The highest BCUT2D eigenvalue weighted by Gasteiger charge is 2.03. The van der Waals surface area contributed by atoms with Crippen molar-refractivity contribution in [2.24, 2.45) is 0 Å². The number of halogens is 1. The normalized spacial score (nSPS) is 14.3. The summed E-state index contributed by atoms with van der Waals surface area (Å²) in [5, 5.41) is 0. The van der Waals surface area contributed by atoms with Crippen LogP contribution in [-0.2, 0) is 0 Å². The number of alkyl halides is 1. The molecule has 0 aliphatic rings. The summed E-state index contributed by atoms with van der Waals surface area (Å²) in [6.45, 7) is 2.22. The number of nitrogens with zero attached hydrogens (tertiary/aromatic N) is 1. The van der Waals surface area contributed by atoms with Crippen molar-refractivity contribution in [3.8, 4) is 0 Å². The van der Waals surface area contributed by atoms with Crippen molar-refractivity contribution in [3.05, 3.63) is 0 Å². The van der Waals surface area contributed by atoms with Crippen molar-refractivity contribution in [2.45, 2.75) is 31.1 Å². The van der Waals surface area contributed by atoms with Crippen molar-refractivity contribution >= 4 is 15.9 Å². The van der Waals surface area contributed by atoms with Crippen LogP contribution in [-0.4, -0.2) is 23.9 Å². The third kappa shape index (κ3) is 4.91. The van der Waals surface area contributed by atoms with Gasteiger partial charge in [-0.15, -0.1) is 0 Å². The molecule has 0 saturated carbocycles. The molecule has 56 valence electrons. The van der Waals surface area contributed by atoms with E-state index < -0.39 is 0 Å². The molecule has 0 aliphatic heterocycles. The highest BCUT2D eigenvalue weighted by molar-refractivity contribution is 9.09. The van der Waals surface area contributed by atoms with Crippen LogP contribution in [0.1, 0.15) is 26.2 Å². The topological polar surface area (TPSA) is 3.24 Å². The second kappa shape index (κ2) is 5.24. The van der Waals surface area contributed by atoms with Gasteiger partial charge in [-0.05, 0) is 20.5 Å². The standard InChI is InChI=1S/C7H16BrN/c1-4-5-6-7(8)9(2)3/h7H,4-6H2,1-3H3. The van der Waals surface area contributed by atoms with Gasteiger partial charge in [-0.1, -0.05) is 35.7 Å². The maximum absolute atomic E-state index is 3.57. The molecule has 0 heterocycles. The minimum atomic E-state index is 0.567. The maximum Gasteiger partial charge on any atom is 0.0650 e. The van der Waals surface area contributed by atoms with Crippen LogP contribution in [0.15, 0.2) is 0 Å². The Bertz CT molecular complexity index is 63.9. The lowest BCUT2D eigenvalue weighted by atomic mass is 10.2. The number of hydrogen-bond acceptors (Lipinski definition) is 1. The summed E-state index contributed by atoms with van der Waals surface area (Å²) in [7, 11) is 4.18. The molecule has 0 aliphatic carbocycles. The van der Waals surface area contributed by atoms with E-state index >= 15 is 0 Å². The molecule has 0 N–H and O–H groups in total. The molecule has 9 heavy (non-hydrogen) atoms. The summed E-state index contributed by atoms with van der Waals surface area (Å²) >= 11 is 3.57. The Morgan fingerprint density at radius 2 is 2.00 bits per heavy atom. The van der Waals surface area contributed by atoms with Gasteiger partial charge in [-0.25, -0.2) is 0 Å². The molecule has 0 radical (unpaired) electrons. The minimum absolute atomic E-state index is 0.567. The van der Waals surface area contributed by atoms with Crippen molar-refractivity contribution < 1.29 is 0 Å². The lowest BCUT2D eigenvalue weighted by molar-refractivity contribution is 0.367. The average molecular weight is 194 g/mol. The lowest BCUT2D eigenvalue weighted by Gasteiger charge is -2.16. The van der Waals surface area contributed by atoms with Crippen LogP contribution in [0.3, 0.4) is 0 Å². The smallest absolute Gasteiger partial charge is 0.0650 e. The van der Waals surface area contributed by atoms with E-state index in [0.29, 0.717) is 4.95 Å². The first-order valence-electron chi connectivity index (χ1n) is 3.49. The number of rotatable bonds is 4. The summed E-state index contributed by atoms with van der Waals surface area (Å²) in [5.41, 5.74) is 0. The largest absolute Gasteiger partial charge is 0.297 e. The van der Waals surface area contributed by atoms with Crippen LogP contribution < -0.4 is 0 Å². The van der Waals surface area contributed by atoms with Crippen LogP contribution in [0.2, 0.25) is 0 Å². The average Bonchev–Trinajstić information content (AvgIpc) is 1.82. The summed E-state index contributed by atoms with van der Waals surface area (Å²) in [5.74, 6) is 0. The first-order valence-corrected chi connectivity index (χ1v) is 4.40. The highest BCUT2D eigenvalue weighted by Crippen LogP contribution is 2.10. The van der Waals surface area contributed by atoms with Gasteiger partial charge >= 0.3 is 0 Å². The zero-order valence-corrected chi connectivity index (χ0v) is 8.11. The molecule has 2 heteroatoms. The SMILES string of the molecule is CCCCC(Br)N(C)C. The van der Waals surface area contributed by atoms with E-state index in [-0.39, 0.29) is 0 Å². The number of unbranched alkanes of at least 4 members (excludes halogenated alkanes) is 1. The molecule has 1 atom stereocenters. The summed E-state index contributed by atoms with van der Waals surface area (Å²) in [6.07, 6.45) is 3.85. The monoisotopic (exact) mass is 193 g/mol. The van der Waals surface area contributed by atoms with Crippen molar-refractivity contribution in [1.29, 1.82) is 0 Å². The molecule has 0 bridgehead atoms. The molecule has 1 unspecified atom stereocenters. The second-order valence-corrected chi connectivity index (χ2v) is 3.60. The van der Waals surface area contributed by atoms with E-state index in [4.69, 9.17) is 0 Å². The minimum Gasteiger partial charge on any atom is -0.297 e. The van der Waals surface area contributed by atoms with E-state index in [0.717, 1.165) is 0 Å². The van der Waals surface area contributed by atoms with Gasteiger partial charge in [-0.3, -0.25) is 4.90 Å². The van der Waals surface area contributed by atoms with Gasteiger partial charge in [0, 0.05) is 0 Å². The Labute approximate surface area is 66.6 Å². The first-order chi connectivity index (χ1) is 4.18. The molecule has 0 aromatic heterocycles. The third-order valence-corrected chi connectivity index (χ3v) is 2.63. The predicted octanol–water partition coefficient (Wildman–Crippen LogP) is 2.46. The molecule has 0 fully saturated rings. The molecular weight excluding hydrogens is 178 g/mol. The van der Waals surface area contributed by atoms with Gasteiger partial charge in [0.2, 0.25) is 0 Å². The molecule has 1 nitrogen and oxygen atoms in total. The molecule has 0 amide bonds. The second-order valence-electron chi connectivity index (χ2n) is 2.54. The maximum atomic E-state index is 3.57. The Kier molecular flexibility index (Phi) is 5.50. The van der Waals surface area contributed by atoms with Crippen molar-refractivity contribution in [1.82, 2.24) is 4.90 Å². The molecule has 0 spiro atoms. The fourth-order valence-corrected chi connectivity index (χ4v) is 0.955. The molecule has 0 aromatic carbocycles. The first kappa shape index (κ1) is 9.44. The molecule has 0 rings (SSSR count). The van der Waals surface area contributed by atoms with E-state index in [1.807, 2.05) is 0 Å². The summed E-state index contributed by atoms with van der Waals surface area (Å²) in [6, 6.07) is 0. The molecule has 0 saturated heterocycles. The van der Waals surface area contributed by atoms with Gasteiger partial charge < -0.3 is 0 Å². The zero-order chi connectivity index (χ0) is 7.28. The highest BCUT2D eigenvalue weighted by atomic mass is 79.9. The van der Waals surface area contributed by atoms with Gasteiger partial charge in [0.15, 0.2) is 0 Å². The Balaban J connectivity index is 3.16. The van der Waals surface area contributed by atoms with E-state index in [9.17, 15) is 0 Å². The van der Waals surface area contributed by atoms with E-state index in [1.54, 1.807) is 0 Å². The quantitative estimate of drug-likeness (QED) is 0.490. The summed E-state index contributed by atoms with van der Waals surface area (Å²) in [4.78, 5) is 2.76. The predicted molar refractivity (Wildman–Crippen MR) is 45.9 cm³/mol. The molecule has 0 aromatic rings. The Hall–Kier alpha value is 0.440. The van der Waals surface area contributed by atoms with Crippen molar-refractivity contribution in [2.75, 3.05) is 14.1 Å². The van der Waals surface area contributed by atoms with E-state index in [1.165, 1.54) is 19.3 Å². The summed E-state index contributed by atoms with van der Waals surface area (Å²) < 4.78 is 0.